The molecule has 0 N–H and O–H groups in total. The highest BCUT2D eigenvalue weighted by atomic mass is 35.5. The lowest BCUT2D eigenvalue weighted by atomic mass is 9.70. The molecule has 1 unspecified atom stereocenters. The van der Waals surface area contributed by atoms with Gasteiger partial charge in [0.25, 0.3) is 5.91 Å². The van der Waals surface area contributed by atoms with E-state index in [1.54, 1.807) is 0 Å². The molecule has 2 aliphatic rings. The second-order valence-corrected chi connectivity index (χ2v) is 12.8. The minimum absolute atomic E-state index is 0.117. The molecule has 39 heavy (non-hydrogen) atoms. The molecule has 5 heteroatoms. The van der Waals surface area contributed by atoms with Crippen molar-refractivity contribution >= 4 is 29.1 Å². The molecular weight excluding hydrogens is 523 g/mol. The van der Waals surface area contributed by atoms with E-state index in [2.05, 4.69) is 53.1 Å². The van der Waals surface area contributed by atoms with Crippen LogP contribution in [0.2, 0.25) is 10.0 Å². The number of rotatable bonds is 8. The summed E-state index contributed by atoms with van der Waals surface area (Å²) in [6.07, 6.45) is 7.80. The van der Waals surface area contributed by atoms with Crippen LogP contribution >= 0.6 is 23.2 Å². The highest BCUT2D eigenvalue weighted by Crippen LogP contribution is 2.41. The first kappa shape index (κ1) is 28.2. The molecule has 0 radical (unpaired) electrons. The van der Waals surface area contributed by atoms with Gasteiger partial charge in [-0.05, 0) is 105 Å². The number of amides is 1. The zero-order valence-corrected chi connectivity index (χ0v) is 24.6. The second kappa shape index (κ2) is 12.5. The second-order valence-electron chi connectivity index (χ2n) is 12.0. The third kappa shape index (κ3) is 6.88. The minimum atomic E-state index is -0.117. The quantitative estimate of drug-likeness (QED) is 0.275. The number of carbonyl (C=O) groups excluding carboxylic acids is 1. The topological polar surface area (TPSA) is 23.6 Å². The van der Waals surface area contributed by atoms with Crippen LogP contribution < -0.4 is 0 Å². The number of benzene rings is 3. The van der Waals surface area contributed by atoms with E-state index in [1.165, 1.54) is 24.0 Å². The number of piperidine rings is 2. The Kier molecular flexibility index (Phi) is 9.01. The van der Waals surface area contributed by atoms with E-state index < -0.39 is 0 Å². The van der Waals surface area contributed by atoms with Gasteiger partial charge < -0.3 is 9.80 Å². The van der Waals surface area contributed by atoms with Crippen LogP contribution in [0, 0.1) is 5.41 Å². The monoisotopic (exact) mass is 562 g/mol. The van der Waals surface area contributed by atoms with Crippen LogP contribution in [-0.4, -0.2) is 48.4 Å². The van der Waals surface area contributed by atoms with Gasteiger partial charge in [0.2, 0.25) is 0 Å². The number of carbonyl (C=O) groups is 1. The van der Waals surface area contributed by atoms with E-state index >= 15 is 0 Å². The van der Waals surface area contributed by atoms with Gasteiger partial charge in [0.1, 0.15) is 0 Å². The Labute approximate surface area is 244 Å². The molecular formula is C34H40Cl2N2O. The van der Waals surface area contributed by atoms with Crippen molar-refractivity contribution in [3.63, 3.8) is 0 Å². The summed E-state index contributed by atoms with van der Waals surface area (Å²) in [6, 6.07) is 26.7. The van der Waals surface area contributed by atoms with Gasteiger partial charge >= 0.3 is 0 Å². The number of hydrogen-bond acceptors (Lipinski definition) is 2. The van der Waals surface area contributed by atoms with Crippen molar-refractivity contribution in [1.82, 2.24) is 9.80 Å². The maximum absolute atomic E-state index is 13.4. The Morgan fingerprint density at radius 1 is 0.846 bits per heavy atom. The van der Waals surface area contributed by atoms with E-state index in [-0.39, 0.29) is 11.3 Å². The molecule has 2 heterocycles. The molecule has 2 fully saturated rings. The first-order chi connectivity index (χ1) is 18.9. The summed E-state index contributed by atoms with van der Waals surface area (Å²) in [5, 5.41) is 1.17. The first-order valence-corrected chi connectivity index (χ1v) is 15.2. The zero-order valence-electron chi connectivity index (χ0n) is 23.0. The molecule has 0 aliphatic carbocycles. The molecule has 0 spiro atoms. The predicted molar refractivity (Wildman–Crippen MR) is 163 cm³/mol. The van der Waals surface area contributed by atoms with Crippen molar-refractivity contribution < 1.29 is 4.79 Å². The molecule has 2 aliphatic heterocycles. The van der Waals surface area contributed by atoms with Crippen LogP contribution in [0.15, 0.2) is 78.9 Å². The van der Waals surface area contributed by atoms with Crippen molar-refractivity contribution in [2.75, 3.05) is 32.7 Å². The fraction of sp³-hybridized carbons (Fsp3) is 0.441. The molecule has 0 aromatic heterocycles. The van der Waals surface area contributed by atoms with Gasteiger partial charge in [-0.3, -0.25) is 4.79 Å². The van der Waals surface area contributed by atoms with E-state index in [4.69, 9.17) is 23.2 Å². The van der Waals surface area contributed by atoms with Gasteiger partial charge in [0.15, 0.2) is 0 Å². The Morgan fingerprint density at radius 3 is 2.23 bits per heavy atom. The smallest absolute Gasteiger partial charge is 0.253 e. The SMILES string of the molecule is CC1(Cc2ccccc2)CCN(CCCC2(c3ccc(Cl)c(Cl)c3)CCCN(C(=O)c3ccccc3)C2)CC1. The van der Waals surface area contributed by atoms with E-state index in [0.717, 1.165) is 63.8 Å². The summed E-state index contributed by atoms with van der Waals surface area (Å²) in [4.78, 5) is 18.1. The van der Waals surface area contributed by atoms with Crippen molar-refractivity contribution in [2.45, 2.75) is 57.3 Å². The molecule has 0 saturated carbocycles. The zero-order chi connectivity index (χ0) is 27.3. The van der Waals surface area contributed by atoms with Gasteiger partial charge in [-0.2, -0.15) is 0 Å². The number of halogens is 2. The van der Waals surface area contributed by atoms with Crippen LogP contribution in [0.3, 0.4) is 0 Å². The third-order valence-corrected chi connectivity index (χ3v) is 9.82. The molecule has 3 aromatic rings. The molecule has 1 atom stereocenters. The Bertz CT molecular complexity index is 1240. The minimum Gasteiger partial charge on any atom is -0.338 e. The molecule has 0 bridgehead atoms. The van der Waals surface area contributed by atoms with Crippen LogP contribution in [0.1, 0.15) is 66.9 Å². The van der Waals surface area contributed by atoms with Gasteiger partial charge in [0, 0.05) is 24.1 Å². The lowest BCUT2D eigenvalue weighted by Crippen LogP contribution is -2.49. The van der Waals surface area contributed by atoms with Crippen LogP contribution in [-0.2, 0) is 11.8 Å². The van der Waals surface area contributed by atoms with Gasteiger partial charge in [0.05, 0.1) is 10.0 Å². The van der Waals surface area contributed by atoms with Gasteiger partial charge in [-0.25, -0.2) is 0 Å². The number of hydrogen-bond donors (Lipinski definition) is 0. The summed E-state index contributed by atoms with van der Waals surface area (Å²) >= 11 is 12.8. The molecule has 3 aromatic carbocycles. The maximum Gasteiger partial charge on any atom is 0.253 e. The normalized spacial score (nSPS) is 21.6. The van der Waals surface area contributed by atoms with E-state index in [1.807, 2.05) is 42.5 Å². The fourth-order valence-electron chi connectivity index (χ4n) is 6.70. The lowest BCUT2D eigenvalue weighted by Gasteiger charge is -2.44. The van der Waals surface area contributed by atoms with E-state index in [0.29, 0.717) is 22.0 Å². The molecule has 1 amide bonds. The fourth-order valence-corrected chi connectivity index (χ4v) is 7.00. The van der Waals surface area contributed by atoms with Gasteiger partial charge in [-0.1, -0.05) is 84.7 Å². The highest BCUT2D eigenvalue weighted by Gasteiger charge is 2.39. The summed E-state index contributed by atoms with van der Waals surface area (Å²) in [5.41, 5.74) is 3.67. The molecule has 206 valence electrons. The predicted octanol–water partition coefficient (Wildman–Crippen LogP) is 8.29. The van der Waals surface area contributed by atoms with Gasteiger partial charge in [-0.15, -0.1) is 0 Å². The van der Waals surface area contributed by atoms with Crippen molar-refractivity contribution in [3.05, 3.63) is 106 Å². The summed E-state index contributed by atoms with van der Waals surface area (Å²) in [6.45, 7) is 7.37. The average Bonchev–Trinajstić information content (AvgIpc) is 2.96. The molecule has 2 saturated heterocycles. The van der Waals surface area contributed by atoms with Crippen molar-refractivity contribution in [2.24, 2.45) is 5.41 Å². The average molecular weight is 564 g/mol. The van der Waals surface area contributed by atoms with Crippen molar-refractivity contribution in [3.8, 4) is 0 Å². The summed E-state index contributed by atoms with van der Waals surface area (Å²) in [5.74, 6) is 0.119. The lowest BCUT2D eigenvalue weighted by molar-refractivity contribution is 0.0614. The Balaban J connectivity index is 1.25. The summed E-state index contributed by atoms with van der Waals surface area (Å²) in [7, 11) is 0. The maximum atomic E-state index is 13.4. The standard InChI is InChI=1S/C34H40Cl2N2O/c1-33(25-27-10-4-2-5-11-27)18-22-37(23-19-33)20-8-16-34(29-14-15-30(35)31(36)24-29)17-9-21-38(26-34)32(39)28-12-6-3-7-13-28/h2-7,10-15,24H,8-9,16-23,25-26H2,1H3. The summed E-state index contributed by atoms with van der Waals surface area (Å²) < 4.78 is 0. The third-order valence-electron chi connectivity index (χ3n) is 9.08. The van der Waals surface area contributed by atoms with Crippen LogP contribution in [0.25, 0.3) is 0 Å². The molecule has 5 rings (SSSR count). The largest absolute Gasteiger partial charge is 0.338 e. The van der Waals surface area contributed by atoms with Crippen LogP contribution in [0.5, 0.6) is 0 Å². The number of nitrogens with zero attached hydrogens (tertiary/aromatic N) is 2. The number of likely N-dealkylation sites (tertiary alicyclic amines) is 2. The Hall–Kier alpha value is -2.33. The van der Waals surface area contributed by atoms with Crippen molar-refractivity contribution in [1.29, 1.82) is 0 Å². The van der Waals surface area contributed by atoms with Crippen LogP contribution in [0.4, 0.5) is 0 Å². The first-order valence-electron chi connectivity index (χ1n) is 14.4. The van der Waals surface area contributed by atoms with E-state index in [9.17, 15) is 4.79 Å². The Morgan fingerprint density at radius 2 is 1.54 bits per heavy atom. The highest BCUT2D eigenvalue weighted by molar-refractivity contribution is 6.42. The molecule has 3 nitrogen and oxygen atoms in total.